The molecule has 1 spiro atoms. The maximum absolute atomic E-state index is 12.4. The lowest BCUT2D eigenvalue weighted by molar-refractivity contribution is 0.112. The number of carbonyl (C=O) groups excluding carboxylic acids is 1. The molecule has 2 aliphatic heterocycles. The van der Waals surface area contributed by atoms with Crippen LogP contribution in [0.15, 0.2) is 23.0 Å². The average Bonchev–Trinajstić information content (AvgIpc) is 3.06. The standard InChI is InChI=1S/C21H24N4O2/c26-12-14-5-6-16-18(11-14)22-13-21(16)7-9-25(10-8-21)20-23-17-4-2-1-3-15(17)19(27)24-20/h5-6,11-12,22H,1-4,7-10,13H2,(H,23,24,27). The molecule has 6 nitrogen and oxygen atoms in total. The summed E-state index contributed by atoms with van der Waals surface area (Å²) in [5.41, 5.74) is 5.17. The third-order valence-electron chi connectivity index (χ3n) is 6.57. The Balaban J connectivity index is 1.38. The van der Waals surface area contributed by atoms with Crippen LogP contribution in [0.25, 0.3) is 0 Å². The minimum absolute atomic E-state index is 0.0456. The molecule has 140 valence electrons. The van der Waals surface area contributed by atoms with Gasteiger partial charge in [-0.15, -0.1) is 0 Å². The first-order chi connectivity index (χ1) is 13.2. The van der Waals surface area contributed by atoms with E-state index >= 15 is 0 Å². The van der Waals surface area contributed by atoms with Gasteiger partial charge < -0.3 is 10.2 Å². The number of nitrogens with one attached hydrogen (secondary N) is 2. The summed E-state index contributed by atoms with van der Waals surface area (Å²) >= 11 is 0. The fraction of sp³-hybridized carbons (Fsp3) is 0.476. The van der Waals surface area contributed by atoms with Crippen molar-refractivity contribution in [1.82, 2.24) is 9.97 Å². The van der Waals surface area contributed by atoms with Crippen molar-refractivity contribution in [1.29, 1.82) is 0 Å². The molecule has 1 aromatic carbocycles. The largest absolute Gasteiger partial charge is 0.384 e. The number of aromatic nitrogens is 2. The number of hydrogen-bond donors (Lipinski definition) is 2. The quantitative estimate of drug-likeness (QED) is 0.800. The van der Waals surface area contributed by atoms with E-state index in [1.54, 1.807) is 0 Å². The molecule has 27 heavy (non-hydrogen) atoms. The Bertz CT molecular complexity index is 957. The lowest BCUT2D eigenvalue weighted by atomic mass is 9.74. The first kappa shape index (κ1) is 16.5. The number of fused-ring (bicyclic) bond motifs is 3. The van der Waals surface area contributed by atoms with Gasteiger partial charge in [-0.3, -0.25) is 14.6 Å². The highest BCUT2D eigenvalue weighted by Crippen LogP contribution is 2.44. The van der Waals surface area contributed by atoms with Crippen LogP contribution >= 0.6 is 0 Å². The summed E-state index contributed by atoms with van der Waals surface area (Å²) in [5, 5.41) is 3.49. The van der Waals surface area contributed by atoms with Gasteiger partial charge in [0.1, 0.15) is 6.29 Å². The molecule has 2 aromatic rings. The number of aromatic amines is 1. The van der Waals surface area contributed by atoms with Crippen molar-refractivity contribution < 1.29 is 4.79 Å². The number of piperidine rings is 1. The van der Waals surface area contributed by atoms with Crippen LogP contribution in [-0.4, -0.2) is 35.9 Å². The van der Waals surface area contributed by atoms with Gasteiger partial charge in [0.2, 0.25) is 5.95 Å². The van der Waals surface area contributed by atoms with E-state index in [2.05, 4.69) is 21.3 Å². The predicted octanol–water partition coefficient (Wildman–Crippen LogP) is 2.42. The fourth-order valence-corrected chi connectivity index (χ4v) is 4.94. The normalized spacial score (nSPS) is 20.1. The third kappa shape index (κ3) is 2.66. The zero-order valence-electron chi connectivity index (χ0n) is 15.4. The SMILES string of the molecule is O=Cc1ccc2c(c1)NCC21CCN(c2nc3c(c(=O)[nH]2)CCCC3)CC1. The van der Waals surface area contributed by atoms with Gasteiger partial charge in [0.05, 0.1) is 5.69 Å². The van der Waals surface area contributed by atoms with E-state index in [9.17, 15) is 9.59 Å². The van der Waals surface area contributed by atoms with Crippen LogP contribution in [0.5, 0.6) is 0 Å². The Morgan fingerprint density at radius 1 is 1.15 bits per heavy atom. The van der Waals surface area contributed by atoms with Crippen molar-refractivity contribution in [3.63, 3.8) is 0 Å². The molecule has 1 aromatic heterocycles. The number of hydrogen-bond acceptors (Lipinski definition) is 5. The van der Waals surface area contributed by atoms with Crippen LogP contribution < -0.4 is 15.8 Å². The summed E-state index contributed by atoms with van der Waals surface area (Å²) in [6.45, 7) is 2.66. The predicted molar refractivity (Wildman–Crippen MR) is 105 cm³/mol. The summed E-state index contributed by atoms with van der Waals surface area (Å²) in [6.07, 6.45) is 6.89. The highest BCUT2D eigenvalue weighted by molar-refractivity contribution is 5.79. The van der Waals surface area contributed by atoms with E-state index < -0.39 is 0 Å². The Morgan fingerprint density at radius 2 is 1.96 bits per heavy atom. The molecule has 2 N–H and O–H groups in total. The molecule has 3 heterocycles. The minimum atomic E-state index is 0.0456. The lowest BCUT2D eigenvalue weighted by Gasteiger charge is -2.39. The second-order valence-corrected chi connectivity index (χ2v) is 8.07. The van der Waals surface area contributed by atoms with Gasteiger partial charge in [-0.25, -0.2) is 4.98 Å². The molecule has 1 saturated heterocycles. The molecule has 0 bridgehead atoms. The van der Waals surface area contributed by atoms with Crippen molar-refractivity contribution in [2.75, 3.05) is 29.9 Å². The molecule has 0 unspecified atom stereocenters. The topological polar surface area (TPSA) is 78.1 Å². The zero-order chi connectivity index (χ0) is 18.4. The fourth-order valence-electron chi connectivity index (χ4n) is 4.94. The summed E-state index contributed by atoms with van der Waals surface area (Å²) in [5.74, 6) is 0.734. The van der Waals surface area contributed by atoms with E-state index in [1.165, 1.54) is 5.56 Å². The van der Waals surface area contributed by atoms with Gasteiger partial charge in [-0.2, -0.15) is 0 Å². The average molecular weight is 364 g/mol. The van der Waals surface area contributed by atoms with Crippen molar-refractivity contribution in [3.8, 4) is 0 Å². The maximum atomic E-state index is 12.4. The first-order valence-corrected chi connectivity index (χ1v) is 9.89. The van der Waals surface area contributed by atoms with Crippen molar-refractivity contribution >= 4 is 17.9 Å². The van der Waals surface area contributed by atoms with E-state index in [-0.39, 0.29) is 11.0 Å². The van der Waals surface area contributed by atoms with E-state index in [0.717, 1.165) is 87.3 Å². The van der Waals surface area contributed by atoms with Crippen LogP contribution in [0.4, 0.5) is 11.6 Å². The molecule has 1 aliphatic carbocycles. The lowest BCUT2D eigenvalue weighted by Crippen LogP contribution is -2.45. The highest BCUT2D eigenvalue weighted by Gasteiger charge is 2.41. The second-order valence-electron chi connectivity index (χ2n) is 8.07. The number of rotatable bonds is 2. The molecule has 0 amide bonds. The van der Waals surface area contributed by atoms with Crippen molar-refractivity contribution in [2.45, 2.75) is 43.9 Å². The number of aryl methyl sites for hydroxylation is 1. The number of anilines is 2. The molecule has 0 radical (unpaired) electrons. The summed E-state index contributed by atoms with van der Waals surface area (Å²) in [7, 11) is 0. The monoisotopic (exact) mass is 364 g/mol. The Kier molecular flexibility index (Phi) is 3.81. The first-order valence-electron chi connectivity index (χ1n) is 9.89. The van der Waals surface area contributed by atoms with Crippen LogP contribution in [0.3, 0.4) is 0 Å². The molecule has 1 fully saturated rings. The maximum Gasteiger partial charge on any atom is 0.255 e. The number of H-pyrrole nitrogens is 1. The molecular weight excluding hydrogens is 340 g/mol. The van der Waals surface area contributed by atoms with Crippen LogP contribution in [-0.2, 0) is 18.3 Å². The van der Waals surface area contributed by atoms with Crippen LogP contribution in [0, 0.1) is 0 Å². The number of carbonyl (C=O) groups is 1. The third-order valence-corrected chi connectivity index (χ3v) is 6.57. The molecular formula is C21H24N4O2. The van der Waals surface area contributed by atoms with Crippen molar-refractivity contribution in [2.24, 2.45) is 0 Å². The van der Waals surface area contributed by atoms with Crippen LogP contribution in [0.1, 0.15) is 52.9 Å². The molecule has 6 heteroatoms. The van der Waals surface area contributed by atoms with Gasteiger partial charge >= 0.3 is 0 Å². The molecule has 0 atom stereocenters. The molecule has 5 rings (SSSR count). The summed E-state index contributed by atoms with van der Waals surface area (Å²) in [6, 6.07) is 5.97. The van der Waals surface area contributed by atoms with Gasteiger partial charge in [-0.05, 0) is 50.2 Å². The van der Waals surface area contributed by atoms with Gasteiger partial charge in [0, 0.05) is 41.9 Å². The Hall–Kier alpha value is -2.63. The number of nitrogens with zero attached hydrogens (tertiary/aromatic N) is 2. The Morgan fingerprint density at radius 3 is 2.78 bits per heavy atom. The number of aldehydes is 1. The van der Waals surface area contributed by atoms with Crippen molar-refractivity contribution in [3.05, 3.63) is 50.9 Å². The number of benzene rings is 1. The Labute approximate surface area is 158 Å². The molecule has 3 aliphatic rings. The van der Waals surface area contributed by atoms with Gasteiger partial charge in [0.25, 0.3) is 5.56 Å². The molecule has 0 saturated carbocycles. The minimum Gasteiger partial charge on any atom is -0.384 e. The summed E-state index contributed by atoms with van der Waals surface area (Å²) < 4.78 is 0. The summed E-state index contributed by atoms with van der Waals surface area (Å²) in [4.78, 5) is 33.5. The van der Waals surface area contributed by atoms with Gasteiger partial charge in [0.15, 0.2) is 0 Å². The highest BCUT2D eigenvalue weighted by atomic mass is 16.1. The van der Waals surface area contributed by atoms with Gasteiger partial charge in [-0.1, -0.05) is 12.1 Å². The van der Waals surface area contributed by atoms with E-state index in [1.807, 2.05) is 12.1 Å². The van der Waals surface area contributed by atoms with E-state index in [4.69, 9.17) is 4.98 Å². The smallest absolute Gasteiger partial charge is 0.255 e. The van der Waals surface area contributed by atoms with E-state index in [0.29, 0.717) is 5.56 Å². The second kappa shape index (κ2) is 6.22. The van der Waals surface area contributed by atoms with Crippen LogP contribution in [0.2, 0.25) is 0 Å². The zero-order valence-corrected chi connectivity index (χ0v) is 15.4.